The number of rotatable bonds is 4. The van der Waals surface area contributed by atoms with Gasteiger partial charge in [0.1, 0.15) is 17.0 Å². The fourth-order valence-corrected chi connectivity index (χ4v) is 1.96. The Labute approximate surface area is 105 Å². The lowest BCUT2D eigenvalue weighted by molar-refractivity contribution is 0.336. The van der Waals surface area contributed by atoms with Crippen molar-refractivity contribution in [3.63, 3.8) is 0 Å². The number of pyridine rings is 1. The van der Waals surface area contributed by atoms with Gasteiger partial charge < -0.3 is 9.47 Å². The molecule has 0 saturated carbocycles. The molecule has 1 aromatic heterocycles. The summed E-state index contributed by atoms with van der Waals surface area (Å²) in [7, 11) is 0. The summed E-state index contributed by atoms with van der Waals surface area (Å²) in [6, 6.07) is 5.48. The molecule has 0 N–H and O–H groups in total. The van der Waals surface area contributed by atoms with E-state index in [1.807, 2.05) is 26.0 Å². The Hall–Kier alpha value is -1.48. The highest BCUT2D eigenvalue weighted by atomic mass is 35.5. The molecule has 90 valence electrons. The van der Waals surface area contributed by atoms with Gasteiger partial charge in [0, 0.05) is 6.20 Å². The van der Waals surface area contributed by atoms with E-state index in [0.29, 0.717) is 18.2 Å². The fraction of sp³-hybridized carbons (Fsp3) is 0.308. The van der Waals surface area contributed by atoms with E-state index >= 15 is 0 Å². The van der Waals surface area contributed by atoms with E-state index < -0.39 is 0 Å². The van der Waals surface area contributed by atoms with Gasteiger partial charge in [0.05, 0.1) is 23.6 Å². The highest BCUT2D eigenvalue weighted by Gasteiger charge is 2.11. The summed E-state index contributed by atoms with van der Waals surface area (Å²) >= 11 is 6.19. The van der Waals surface area contributed by atoms with Crippen LogP contribution in [0.1, 0.15) is 13.8 Å². The van der Waals surface area contributed by atoms with E-state index in [9.17, 15) is 0 Å². The van der Waals surface area contributed by atoms with Gasteiger partial charge in [-0.1, -0.05) is 11.6 Å². The second-order valence-electron chi connectivity index (χ2n) is 3.44. The van der Waals surface area contributed by atoms with E-state index in [4.69, 9.17) is 21.1 Å². The Morgan fingerprint density at radius 1 is 1.06 bits per heavy atom. The molecule has 0 radical (unpaired) electrons. The molecular weight excluding hydrogens is 238 g/mol. The van der Waals surface area contributed by atoms with Crippen LogP contribution in [0.4, 0.5) is 0 Å². The number of nitrogens with zero attached hydrogens (tertiary/aromatic N) is 1. The maximum Gasteiger partial charge on any atom is 0.145 e. The van der Waals surface area contributed by atoms with Crippen LogP contribution in [0.2, 0.25) is 5.02 Å². The Kier molecular flexibility index (Phi) is 3.69. The second-order valence-corrected chi connectivity index (χ2v) is 3.85. The van der Waals surface area contributed by atoms with Crippen molar-refractivity contribution in [3.8, 4) is 11.5 Å². The van der Waals surface area contributed by atoms with Crippen molar-refractivity contribution in [1.29, 1.82) is 0 Å². The largest absolute Gasteiger partial charge is 0.493 e. The lowest BCUT2D eigenvalue weighted by Gasteiger charge is -2.12. The zero-order chi connectivity index (χ0) is 12.3. The number of hydrogen-bond acceptors (Lipinski definition) is 3. The van der Waals surface area contributed by atoms with Gasteiger partial charge >= 0.3 is 0 Å². The molecule has 0 aliphatic heterocycles. The van der Waals surface area contributed by atoms with Crippen LogP contribution in [0.25, 0.3) is 10.9 Å². The maximum absolute atomic E-state index is 6.19. The first-order valence-electron chi connectivity index (χ1n) is 5.60. The average Bonchev–Trinajstić information content (AvgIpc) is 2.33. The molecule has 2 aromatic rings. The molecule has 0 saturated heterocycles. The van der Waals surface area contributed by atoms with Crippen molar-refractivity contribution < 1.29 is 9.47 Å². The lowest BCUT2D eigenvalue weighted by Crippen LogP contribution is -1.97. The Morgan fingerprint density at radius 3 is 2.41 bits per heavy atom. The third-order valence-electron chi connectivity index (χ3n) is 2.37. The smallest absolute Gasteiger partial charge is 0.145 e. The Balaban J connectivity index is 2.67. The van der Waals surface area contributed by atoms with Crippen molar-refractivity contribution in [2.75, 3.05) is 13.2 Å². The molecule has 1 aromatic carbocycles. The second kappa shape index (κ2) is 5.23. The molecule has 4 heteroatoms. The molecule has 2 rings (SSSR count). The van der Waals surface area contributed by atoms with Crippen molar-refractivity contribution in [2.45, 2.75) is 13.8 Å². The summed E-state index contributed by atoms with van der Waals surface area (Å²) in [6.07, 6.45) is 1.67. The molecule has 0 aliphatic carbocycles. The Bertz CT molecular complexity index is 528. The van der Waals surface area contributed by atoms with E-state index in [-0.39, 0.29) is 0 Å². The van der Waals surface area contributed by atoms with Crippen molar-refractivity contribution in [1.82, 2.24) is 4.98 Å². The van der Waals surface area contributed by atoms with Crippen LogP contribution in [0, 0.1) is 0 Å². The number of benzene rings is 1. The number of ether oxygens (including phenoxy) is 2. The van der Waals surface area contributed by atoms with Gasteiger partial charge in [-0.25, -0.2) is 0 Å². The molecule has 0 aliphatic rings. The summed E-state index contributed by atoms with van der Waals surface area (Å²) in [6.45, 7) is 5.06. The minimum absolute atomic E-state index is 0.592. The summed E-state index contributed by atoms with van der Waals surface area (Å²) < 4.78 is 11.1. The van der Waals surface area contributed by atoms with Crippen molar-refractivity contribution in [2.24, 2.45) is 0 Å². The summed E-state index contributed by atoms with van der Waals surface area (Å²) in [4.78, 5) is 4.31. The molecule has 0 atom stereocenters. The van der Waals surface area contributed by atoms with Crippen molar-refractivity contribution in [3.05, 3.63) is 29.4 Å². The van der Waals surface area contributed by atoms with Gasteiger partial charge in [-0.3, -0.25) is 4.98 Å². The predicted octanol–water partition coefficient (Wildman–Crippen LogP) is 3.69. The van der Waals surface area contributed by atoms with E-state index in [0.717, 1.165) is 22.4 Å². The highest BCUT2D eigenvalue weighted by Crippen LogP contribution is 2.36. The number of aromatic nitrogens is 1. The van der Waals surface area contributed by atoms with Crippen LogP contribution in [0.5, 0.6) is 11.5 Å². The number of halogens is 1. The van der Waals surface area contributed by atoms with E-state index in [2.05, 4.69) is 4.98 Å². The number of hydrogen-bond donors (Lipinski definition) is 0. The van der Waals surface area contributed by atoms with Gasteiger partial charge in [-0.2, -0.15) is 0 Å². The quantitative estimate of drug-likeness (QED) is 0.831. The first-order valence-corrected chi connectivity index (χ1v) is 5.98. The molecule has 0 unspecified atom stereocenters. The topological polar surface area (TPSA) is 31.4 Å². The van der Waals surface area contributed by atoms with Gasteiger partial charge in [0.25, 0.3) is 0 Å². The van der Waals surface area contributed by atoms with Gasteiger partial charge in [0.15, 0.2) is 0 Å². The molecule has 1 heterocycles. The minimum Gasteiger partial charge on any atom is -0.493 e. The average molecular weight is 252 g/mol. The number of fused-ring (bicyclic) bond motifs is 1. The third-order valence-corrected chi connectivity index (χ3v) is 2.68. The molecule has 3 nitrogen and oxygen atoms in total. The lowest BCUT2D eigenvalue weighted by atomic mass is 10.2. The molecule has 0 spiro atoms. The molecule has 0 amide bonds. The molecule has 17 heavy (non-hydrogen) atoms. The van der Waals surface area contributed by atoms with Gasteiger partial charge in [-0.05, 0) is 32.0 Å². The molecule has 0 fully saturated rings. The molecule has 0 bridgehead atoms. The normalized spacial score (nSPS) is 10.5. The first kappa shape index (κ1) is 12.0. The van der Waals surface area contributed by atoms with Crippen LogP contribution in [0.15, 0.2) is 24.4 Å². The zero-order valence-corrected chi connectivity index (χ0v) is 10.6. The van der Waals surface area contributed by atoms with Crippen molar-refractivity contribution >= 4 is 22.5 Å². The summed E-state index contributed by atoms with van der Waals surface area (Å²) in [5.74, 6) is 1.47. The summed E-state index contributed by atoms with van der Waals surface area (Å²) in [5, 5.41) is 1.43. The predicted molar refractivity (Wildman–Crippen MR) is 69.1 cm³/mol. The monoisotopic (exact) mass is 251 g/mol. The fourth-order valence-electron chi connectivity index (χ4n) is 1.72. The van der Waals surface area contributed by atoms with E-state index in [1.165, 1.54) is 0 Å². The van der Waals surface area contributed by atoms with E-state index in [1.54, 1.807) is 12.3 Å². The zero-order valence-electron chi connectivity index (χ0n) is 9.87. The van der Waals surface area contributed by atoms with Gasteiger partial charge in [0.2, 0.25) is 0 Å². The molecular formula is C13H14ClNO2. The first-order chi connectivity index (χ1) is 8.27. The highest BCUT2D eigenvalue weighted by molar-refractivity contribution is 6.36. The Morgan fingerprint density at radius 2 is 1.71 bits per heavy atom. The van der Waals surface area contributed by atoms with Crippen LogP contribution < -0.4 is 9.47 Å². The van der Waals surface area contributed by atoms with Crippen LogP contribution in [-0.4, -0.2) is 18.2 Å². The van der Waals surface area contributed by atoms with Crippen LogP contribution in [0.3, 0.4) is 0 Å². The third kappa shape index (κ3) is 2.29. The standard InChI is InChI=1S/C13H14ClNO2/c1-3-16-10-5-6-11(17-4-2)13-12(10)9(14)7-8-15-13/h5-8H,3-4H2,1-2H3. The SMILES string of the molecule is CCOc1ccc(OCC)c2c(Cl)ccnc12. The van der Waals surface area contributed by atoms with Gasteiger partial charge in [-0.15, -0.1) is 0 Å². The van der Waals surface area contributed by atoms with Crippen LogP contribution >= 0.6 is 11.6 Å². The summed E-state index contributed by atoms with van der Waals surface area (Å²) in [5.41, 5.74) is 0.741. The minimum atomic E-state index is 0.592. The maximum atomic E-state index is 6.19. The van der Waals surface area contributed by atoms with Crippen LogP contribution in [-0.2, 0) is 0 Å².